The second-order valence-corrected chi connectivity index (χ2v) is 4.16. The first-order valence-corrected chi connectivity index (χ1v) is 6.26. The van der Waals surface area contributed by atoms with E-state index < -0.39 is 0 Å². The third-order valence-electron chi connectivity index (χ3n) is 3.06. The number of anilines is 3. The SMILES string of the molecule is CCN(CC)c1nc(N)nc(N2CCCC2)n1. The first kappa shape index (κ1) is 11.9. The lowest BCUT2D eigenvalue weighted by Gasteiger charge is -2.21. The molecule has 6 nitrogen and oxygen atoms in total. The van der Waals surface area contributed by atoms with Crippen LogP contribution in [-0.2, 0) is 0 Å². The standard InChI is InChI=1S/C11H20N6/c1-3-16(4-2)10-13-9(12)14-11(15-10)17-7-5-6-8-17/h3-8H2,1-2H3,(H2,12,13,14,15). The molecule has 0 unspecified atom stereocenters. The van der Waals surface area contributed by atoms with E-state index in [0.29, 0.717) is 11.9 Å². The summed E-state index contributed by atoms with van der Waals surface area (Å²) in [5.41, 5.74) is 5.76. The van der Waals surface area contributed by atoms with Gasteiger partial charge in [0.1, 0.15) is 0 Å². The summed E-state index contributed by atoms with van der Waals surface area (Å²) in [6.45, 7) is 7.94. The van der Waals surface area contributed by atoms with E-state index in [0.717, 1.165) is 32.1 Å². The average molecular weight is 236 g/mol. The van der Waals surface area contributed by atoms with Gasteiger partial charge < -0.3 is 15.5 Å². The van der Waals surface area contributed by atoms with Gasteiger partial charge in [-0.3, -0.25) is 0 Å². The molecular weight excluding hydrogens is 216 g/mol. The van der Waals surface area contributed by atoms with E-state index in [1.807, 2.05) is 0 Å². The molecule has 1 saturated heterocycles. The van der Waals surface area contributed by atoms with Crippen LogP contribution in [0.5, 0.6) is 0 Å². The summed E-state index contributed by atoms with van der Waals surface area (Å²) in [6, 6.07) is 0. The second-order valence-electron chi connectivity index (χ2n) is 4.16. The van der Waals surface area contributed by atoms with Gasteiger partial charge in [-0.1, -0.05) is 0 Å². The molecule has 1 aromatic rings. The summed E-state index contributed by atoms with van der Waals surface area (Å²) < 4.78 is 0. The first-order valence-electron chi connectivity index (χ1n) is 6.26. The lowest BCUT2D eigenvalue weighted by molar-refractivity contribution is 0.799. The molecule has 0 amide bonds. The smallest absolute Gasteiger partial charge is 0.231 e. The van der Waals surface area contributed by atoms with Gasteiger partial charge >= 0.3 is 0 Å². The highest BCUT2D eigenvalue weighted by Gasteiger charge is 2.18. The summed E-state index contributed by atoms with van der Waals surface area (Å²) in [5, 5.41) is 0. The zero-order valence-corrected chi connectivity index (χ0v) is 10.6. The highest BCUT2D eigenvalue weighted by atomic mass is 15.4. The minimum Gasteiger partial charge on any atom is -0.368 e. The lowest BCUT2D eigenvalue weighted by Crippen LogP contribution is -2.27. The van der Waals surface area contributed by atoms with Crippen LogP contribution >= 0.6 is 0 Å². The largest absolute Gasteiger partial charge is 0.368 e. The van der Waals surface area contributed by atoms with Crippen LogP contribution in [-0.4, -0.2) is 41.1 Å². The average Bonchev–Trinajstić information content (AvgIpc) is 2.83. The van der Waals surface area contributed by atoms with Crippen LogP contribution in [0, 0.1) is 0 Å². The fourth-order valence-electron chi connectivity index (χ4n) is 2.08. The van der Waals surface area contributed by atoms with Crippen LogP contribution in [0.1, 0.15) is 26.7 Å². The molecule has 6 heteroatoms. The minimum atomic E-state index is 0.309. The highest BCUT2D eigenvalue weighted by molar-refractivity contribution is 5.43. The summed E-state index contributed by atoms with van der Waals surface area (Å²) in [6.07, 6.45) is 2.40. The maximum absolute atomic E-state index is 5.76. The molecule has 17 heavy (non-hydrogen) atoms. The number of hydrogen-bond acceptors (Lipinski definition) is 6. The van der Waals surface area contributed by atoms with Gasteiger partial charge in [-0.05, 0) is 26.7 Å². The quantitative estimate of drug-likeness (QED) is 0.837. The molecule has 0 aromatic carbocycles. The molecule has 0 atom stereocenters. The van der Waals surface area contributed by atoms with E-state index in [-0.39, 0.29) is 0 Å². The van der Waals surface area contributed by atoms with Gasteiger partial charge in [-0.2, -0.15) is 15.0 Å². The fourth-order valence-corrected chi connectivity index (χ4v) is 2.08. The van der Waals surface area contributed by atoms with Crippen molar-refractivity contribution in [3.05, 3.63) is 0 Å². The molecule has 0 spiro atoms. The second kappa shape index (κ2) is 5.16. The normalized spacial score (nSPS) is 15.3. The Morgan fingerprint density at radius 2 is 1.76 bits per heavy atom. The maximum atomic E-state index is 5.76. The first-order chi connectivity index (χ1) is 8.24. The van der Waals surface area contributed by atoms with E-state index in [9.17, 15) is 0 Å². The van der Waals surface area contributed by atoms with E-state index in [2.05, 4.69) is 38.6 Å². The molecule has 0 bridgehead atoms. The van der Waals surface area contributed by atoms with Crippen molar-refractivity contribution in [1.82, 2.24) is 15.0 Å². The molecule has 0 saturated carbocycles. The molecular formula is C11H20N6. The molecule has 2 rings (SSSR count). The van der Waals surface area contributed by atoms with Crippen LogP contribution in [0.25, 0.3) is 0 Å². The van der Waals surface area contributed by atoms with Crippen LogP contribution < -0.4 is 15.5 Å². The maximum Gasteiger partial charge on any atom is 0.231 e. The molecule has 94 valence electrons. The molecule has 0 aliphatic carbocycles. The van der Waals surface area contributed by atoms with Crippen molar-refractivity contribution in [2.24, 2.45) is 0 Å². The molecule has 2 N–H and O–H groups in total. The Balaban J connectivity index is 2.27. The number of aromatic nitrogens is 3. The summed E-state index contributed by atoms with van der Waals surface area (Å²) in [5.74, 6) is 1.71. The Bertz CT molecular complexity index is 350. The molecule has 1 fully saturated rings. The van der Waals surface area contributed by atoms with Gasteiger partial charge in [-0.15, -0.1) is 0 Å². The van der Waals surface area contributed by atoms with Gasteiger partial charge in [0.05, 0.1) is 0 Å². The van der Waals surface area contributed by atoms with Crippen molar-refractivity contribution in [3.63, 3.8) is 0 Å². The predicted octanol–water partition coefficient (Wildman–Crippen LogP) is 0.900. The zero-order valence-electron chi connectivity index (χ0n) is 10.6. The van der Waals surface area contributed by atoms with Crippen molar-refractivity contribution < 1.29 is 0 Å². The molecule has 1 aromatic heterocycles. The van der Waals surface area contributed by atoms with Crippen molar-refractivity contribution in [2.75, 3.05) is 41.7 Å². The van der Waals surface area contributed by atoms with Gasteiger partial charge in [0.25, 0.3) is 0 Å². The Labute approximate surface area is 102 Å². The fraction of sp³-hybridized carbons (Fsp3) is 0.727. The lowest BCUT2D eigenvalue weighted by atomic mass is 10.4. The number of rotatable bonds is 4. The Kier molecular flexibility index (Phi) is 3.61. The van der Waals surface area contributed by atoms with Gasteiger partial charge in [0.15, 0.2) is 0 Å². The Hall–Kier alpha value is -1.59. The molecule has 1 aliphatic heterocycles. The van der Waals surface area contributed by atoms with Crippen LogP contribution in [0.15, 0.2) is 0 Å². The third-order valence-corrected chi connectivity index (χ3v) is 3.06. The number of nitrogens with two attached hydrogens (primary N) is 1. The number of hydrogen-bond donors (Lipinski definition) is 1. The Morgan fingerprint density at radius 1 is 1.12 bits per heavy atom. The highest BCUT2D eigenvalue weighted by Crippen LogP contribution is 2.19. The Morgan fingerprint density at radius 3 is 2.35 bits per heavy atom. The van der Waals surface area contributed by atoms with Crippen LogP contribution in [0.4, 0.5) is 17.8 Å². The van der Waals surface area contributed by atoms with Crippen LogP contribution in [0.2, 0.25) is 0 Å². The molecule has 1 aliphatic rings. The van der Waals surface area contributed by atoms with Crippen LogP contribution in [0.3, 0.4) is 0 Å². The van der Waals surface area contributed by atoms with Crippen molar-refractivity contribution in [1.29, 1.82) is 0 Å². The van der Waals surface area contributed by atoms with E-state index in [4.69, 9.17) is 5.73 Å². The monoisotopic (exact) mass is 236 g/mol. The predicted molar refractivity (Wildman–Crippen MR) is 69.2 cm³/mol. The van der Waals surface area contributed by atoms with Crippen molar-refractivity contribution >= 4 is 17.8 Å². The summed E-state index contributed by atoms with van der Waals surface area (Å²) in [4.78, 5) is 17.2. The van der Waals surface area contributed by atoms with Gasteiger partial charge in [0, 0.05) is 26.2 Å². The zero-order chi connectivity index (χ0) is 12.3. The molecule has 0 radical (unpaired) electrons. The molecule has 2 heterocycles. The minimum absolute atomic E-state index is 0.309. The topological polar surface area (TPSA) is 71.2 Å². The van der Waals surface area contributed by atoms with Gasteiger partial charge in [0.2, 0.25) is 17.8 Å². The van der Waals surface area contributed by atoms with E-state index >= 15 is 0 Å². The third kappa shape index (κ3) is 2.57. The number of nitrogens with zero attached hydrogens (tertiary/aromatic N) is 5. The number of nitrogen functional groups attached to an aromatic ring is 1. The van der Waals surface area contributed by atoms with Gasteiger partial charge in [-0.25, -0.2) is 0 Å². The van der Waals surface area contributed by atoms with Crippen molar-refractivity contribution in [2.45, 2.75) is 26.7 Å². The summed E-state index contributed by atoms with van der Waals surface area (Å²) >= 11 is 0. The van der Waals surface area contributed by atoms with Crippen molar-refractivity contribution in [3.8, 4) is 0 Å². The van der Waals surface area contributed by atoms with E-state index in [1.54, 1.807) is 0 Å². The summed E-state index contributed by atoms with van der Waals surface area (Å²) in [7, 11) is 0. The van der Waals surface area contributed by atoms with E-state index in [1.165, 1.54) is 12.8 Å².